The summed E-state index contributed by atoms with van der Waals surface area (Å²) in [5.41, 5.74) is 0.266. The van der Waals surface area contributed by atoms with E-state index in [-0.39, 0.29) is 27.4 Å². The van der Waals surface area contributed by atoms with Crippen LogP contribution in [0.3, 0.4) is 0 Å². The maximum absolute atomic E-state index is 13.0. The smallest absolute Gasteiger partial charge is 0.255 e. The van der Waals surface area contributed by atoms with Crippen LogP contribution in [-0.4, -0.2) is 49.2 Å². The lowest BCUT2D eigenvalue weighted by Crippen LogP contribution is -2.36. The van der Waals surface area contributed by atoms with Crippen molar-refractivity contribution >= 4 is 27.5 Å². The molecule has 1 aromatic carbocycles. The number of hydrogen-bond acceptors (Lipinski definition) is 3. The quantitative estimate of drug-likeness (QED) is 0.685. The fraction of sp³-hybridized carbons (Fsp3) is 0.611. The molecule has 0 atom stereocenters. The molecule has 1 aromatic rings. The molecular weight excluding hydrogens is 360 g/mol. The first kappa shape index (κ1) is 20.2. The number of nitrogens with zero attached hydrogens (tertiary/aromatic N) is 2. The summed E-state index contributed by atoms with van der Waals surface area (Å²) < 4.78 is 26.8. The summed E-state index contributed by atoms with van der Waals surface area (Å²) in [5.74, 6) is 0.156. The van der Waals surface area contributed by atoms with E-state index in [1.807, 2.05) is 4.90 Å². The average molecular weight is 387 g/mol. The van der Waals surface area contributed by atoms with Crippen molar-refractivity contribution < 1.29 is 13.2 Å². The van der Waals surface area contributed by atoms with Gasteiger partial charge >= 0.3 is 0 Å². The number of halogens is 1. The fourth-order valence-corrected chi connectivity index (χ4v) is 4.56. The second kappa shape index (κ2) is 8.06. The Bertz CT molecular complexity index is 726. The molecule has 0 aliphatic heterocycles. The van der Waals surface area contributed by atoms with Crippen molar-refractivity contribution in [2.24, 2.45) is 5.92 Å². The highest BCUT2D eigenvalue weighted by atomic mass is 35.5. The van der Waals surface area contributed by atoms with E-state index >= 15 is 0 Å². The van der Waals surface area contributed by atoms with Crippen LogP contribution in [0.4, 0.5) is 0 Å². The predicted molar refractivity (Wildman–Crippen MR) is 100 cm³/mol. The molecule has 0 heterocycles. The summed E-state index contributed by atoms with van der Waals surface area (Å²) >= 11 is 6.24. The molecule has 1 fully saturated rings. The maximum atomic E-state index is 13.0. The third kappa shape index (κ3) is 4.54. The third-order valence-corrected chi connectivity index (χ3v) is 6.70. The van der Waals surface area contributed by atoms with E-state index in [1.165, 1.54) is 22.5 Å². The highest BCUT2D eigenvalue weighted by Crippen LogP contribution is 2.31. The van der Waals surface area contributed by atoms with Gasteiger partial charge in [0.2, 0.25) is 10.0 Å². The Hall–Kier alpha value is -1.11. The topological polar surface area (TPSA) is 57.7 Å². The zero-order valence-electron chi connectivity index (χ0n) is 15.3. The van der Waals surface area contributed by atoms with Gasteiger partial charge in [-0.25, -0.2) is 8.42 Å². The van der Waals surface area contributed by atoms with Gasteiger partial charge in [-0.3, -0.25) is 4.79 Å². The Morgan fingerprint density at radius 1 is 1.24 bits per heavy atom. The van der Waals surface area contributed by atoms with E-state index in [1.54, 1.807) is 13.8 Å². The van der Waals surface area contributed by atoms with Gasteiger partial charge in [0.05, 0.1) is 15.5 Å². The van der Waals surface area contributed by atoms with Crippen molar-refractivity contribution in [3.8, 4) is 0 Å². The number of rotatable bonds is 8. The van der Waals surface area contributed by atoms with Gasteiger partial charge in [0.25, 0.3) is 5.91 Å². The molecule has 0 bridgehead atoms. The van der Waals surface area contributed by atoms with Crippen molar-refractivity contribution in [3.63, 3.8) is 0 Å². The number of amides is 1. The largest absolute Gasteiger partial charge is 0.335 e. The normalized spacial score (nSPS) is 15.0. The zero-order chi connectivity index (χ0) is 18.8. The van der Waals surface area contributed by atoms with E-state index in [9.17, 15) is 13.2 Å². The highest BCUT2D eigenvalue weighted by Gasteiger charge is 2.34. The van der Waals surface area contributed by atoms with Crippen molar-refractivity contribution in [1.29, 1.82) is 0 Å². The lowest BCUT2D eigenvalue weighted by Gasteiger charge is -2.25. The number of hydrogen-bond donors (Lipinski definition) is 0. The number of benzene rings is 1. The number of carbonyl (C=O) groups is 1. The first-order valence-corrected chi connectivity index (χ1v) is 10.6. The van der Waals surface area contributed by atoms with Gasteiger partial charge in [0.1, 0.15) is 0 Å². The second-order valence-electron chi connectivity index (χ2n) is 6.81. The van der Waals surface area contributed by atoms with Crippen molar-refractivity contribution in [2.45, 2.75) is 51.5 Å². The van der Waals surface area contributed by atoms with E-state index < -0.39 is 10.0 Å². The Morgan fingerprint density at radius 3 is 2.32 bits per heavy atom. The molecular formula is C18H27ClN2O3S. The molecule has 1 saturated carbocycles. The van der Waals surface area contributed by atoms with Gasteiger partial charge in [0.15, 0.2) is 0 Å². The predicted octanol–water partition coefficient (Wildman–Crippen LogP) is 3.63. The number of carbonyl (C=O) groups excluding carboxylic acids is 1. The standard InChI is InChI=1S/C18H27ClN2O3S/c1-5-20(6-2)25(23,24)15-9-10-17(19)16(11-15)18(22)21(12-13(3)4)14-7-8-14/h9-11,13-14H,5-8,12H2,1-4H3. The van der Waals surface area contributed by atoms with Crippen LogP contribution >= 0.6 is 11.6 Å². The van der Waals surface area contributed by atoms with Crippen molar-refractivity contribution in [3.05, 3.63) is 28.8 Å². The summed E-state index contributed by atoms with van der Waals surface area (Å²) in [6.45, 7) is 9.11. The Morgan fingerprint density at radius 2 is 1.84 bits per heavy atom. The van der Waals surface area contributed by atoms with Gasteiger partial charge in [-0.05, 0) is 37.0 Å². The molecule has 25 heavy (non-hydrogen) atoms. The van der Waals surface area contributed by atoms with Gasteiger partial charge in [-0.1, -0.05) is 39.3 Å². The molecule has 1 aliphatic rings. The van der Waals surface area contributed by atoms with E-state index in [2.05, 4.69) is 13.8 Å². The van der Waals surface area contributed by atoms with Crippen LogP contribution < -0.4 is 0 Å². The first-order valence-electron chi connectivity index (χ1n) is 8.83. The molecule has 0 unspecified atom stereocenters. The molecule has 5 nitrogen and oxygen atoms in total. The lowest BCUT2D eigenvalue weighted by molar-refractivity contribution is 0.0722. The van der Waals surface area contributed by atoms with Crippen LogP contribution in [0.15, 0.2) is 23.1 Å². The molecule has 1 aliphatic carbocycles. The molecule has 1 amide bonds. The molecule has 0 radical (unpaired) electrons. The van der Waals surface area contributed by atoms with E-state index in [4.69, 9.17) is 11.6 Å². The third-order valence-electron chi connectivity index (χ3n) is 4.32. The Kier molecular flexibility index (Phi) is 6.51. The Labute approximate surface area is 156 Å². The minimum atomic E-state index is -3.62. The SMILES string of the molecule is CCN(CC)S(=O)(=O)c1ccc(Cl)c(C(=O)N(CC(C)C)C2CC2)c1. The van der Waals surface area contributed by atoms with Crippen LogP contribution in [0.5, 0.6) is 0 Å². The molecule has 0 saturated heterocycles. The highest BCUT2D eigenvalue weighted by molar-refractivity contribution is 7.89. The molecule has 2 rings (SSSR count). The van der Waals surface area contributed by atoms with Gasteiger partial charge in [0, 0.05) is 25.7 Å². The maximum Gasteiger partial charge on any atom is 0.255 e. The first-order chi connectivity index (χ1) is 11.7. The molecule has 7 heteroatoms. The van der Waals surface area contributed by atoms with Crippen LogP contribution in [0.2, 0.25) is 5.02 Å². The summed E-state index contributed by atoms with van der Waals surface area (Å²) in [7, 11) is -3.62. The number of sulfonamides is 1. The van der Waals surface area contributed by atoms with E-state index in [0.29, 0.717) is 25.6 Å². The van der Waals surface area contributed by atoms with Crippen LogP contribution in [0.25, 0.3) is 0 Å². The van der Waals surface area contributed by atoms with Crippen molar-refractivity contribution in [1.82, 2.24) is 9.21 Å². The summed E-state index contributed by atoms with van der Waals surface area (Å²) in [6, 6.07) is 4.64. The monoisotopic (exact) mass is 386 g/mol. The van der Waals surface area contributed by atoms with Crippen molar-refractivity contribution in [2.75, 3.05) is 19.6 Å². The van der Waals surface area contributed by atoms with Crippen LogP contribution in [-0.2, 0) is 10.0 Å². The van der Waals surface area contributed by atoms with Gasteiger partial charge < -0.3 is 4.90 Å². The molecule has 0 N–H and O–H groups in total. The molecule has 0 aromatic heterocycles. The van der Waals surface area contributed by atoms with E-state index in [0.717, 1.165) is 12.8 Å². The fourth-order valence-electron chi connectivity index (χ4n) is 2.87. The summed E-state index contributed by atoms with van der Waals surface area (Å²) in [5, 5.41) is 0.290. The Balaban J connectivity index is 2.40. The average Bonchev–Trinajstić information content (AvgIpc) is 3.37. The second-order valence-corrected chi connectivity index (χ2v) is 9.16. The van der Waals surface area contributed by atoms with Gasteiger partial charge in [-0.2, -0.15) is 4.31 Å². The van der Waals surface area contributed by atoms with Gasteiger partial charge in [-0.15, -0.1) is 0 Å². The minimum Gasteiger partial charge on any atom is -0.335 e. The van der Waals surface area contributed by atoms with Crippen LogP contribution in [0, 0.1) is 5.92 Å². The van der Waals surface area contributed by atoms with Crippen LogP contribution in [0.1, 0.15) is 50.9 Å². The minimum absolute atomic E-state index is 0.115. The summed E-state index contributed by atoms with van der Waals surface area (Å²) in [4.78, 5) is 15.0. The molecule has 140 valence electrons. The zero-order valence-corrected chi connectivity index (χ0v) is 16.9. The lowest BCUT2D eigenvalue weighted by atomic mass is 10.1. The summed E-state index contributed by atoms with van der Waals surface area (Å²) in [6.07, 6.45) is 1.99. The molecule has 0 spiro atoms.